The molecule has 0 aliphatic heterocycles. The fourth-order valence-corrected chi connectivity index (χ4v) is 2.64. The van der Waals surface area contributed by atoms with Gasteiger partial charge in [-0.15, -0.1) is 0 Å². The Bertz CT molecular complexity index is 454. The summed E-state index contributed by atoms with van der Waals surface area (Å²) in [6.07, 6.45) is 5.66. The number of carbonyl (C=O) groups is 1. The van der Waals surface area contributed by atoms with Crippen LogP contribution in [0, 0.1) is 6.92 Å². The van der Waals surface area contributed by atoms with Crippen LogP contribution in [0.1, 0.15) is 59.8 Å². The average Bonchev–Trinajstić information content (AvgIpc) is 2.38. The van der Waals surface area contributed by atoms with E-state index in [-0.39, 0.29) is 17.8 Å². The topological polar surface area (TPSA) is 107 Å². The minimum Gasteiger partial charge on any atom is -0.368 e. The first kappa shape index (κ1) is 12.8. The molecular weight excluding hydrogens is 230 g/mol. The maximum atomic E-state index is 11.9. The Morgan fingerprint density at radius 3 is 2.56 bits per heavy atom. The number of hydrazine groups is 1. The van der Waals surface area contributed by atoms with Gasteiger partial charge in [0.2, 0.25) is 5.95 Å². The lowest BCUT2D eigenvalue weighted by atomic mass is 9.84. The highest BCUT2D eigenvalue weighted by molar-refractivity contribution is 5.96. The number of aryl methyl sites for hydroxylation is 1. The van der Waals surface area contributed by atoms with Gasteiger partial charge in [-0.05, 0) is 19.8 Å². The van der Waals surface area contributed by atoms with Crippen molar-refractivity contribution >= 4 is 11.9 Å². The normalized spacial score (nSPS) is 16.6. The number of aromatic nitrogens is 2. The molecule has 98 valence electrons. The molecule has 2 rings (SSSR count). The second-order valence-corrected chi connectivity index (χ2v) is 4.74. The van der Waals surface area contributed by atoms with Crippen molar-refractivity contribution in [2.45, 2.75) is 44.9 Å². The van der Waals surface area contributed by atoms with E-state index >= 15 is 0 Å². The number of nitrogens with zero attached hydrogens (tertiary/aromatic N) is 2. The molecule has 1 fully saturated rings. The van der Waals surface area contributed by atoms with Crippen molar-refractivity contribution in [2.24, 2.45) is 5.84 Å². The first-order valence-electron chi connectivity index (χ1n) is 6.28. The summed E-state index contributed by atoms with van der Waals surface area (Å²) in [4.78, 5) is 20.2. The summed E-state index contributed by atoms with van der Waals surface area (Å²) >= 11 is 0. The predicted octanol–water partition coefficient (Wildman–Crippen LogP) is 1.02. The molecule has 0 saturated heterocycles. The smallest absolute Gasteiger partial charge is 0.268 e. The molecule has 0 atom stereocenters. The maximum Gasteiger partial charge on any atom is 0.268 e. The highest BCUT2D eigenvalue weighted by Gasteiger charge is 2.25. The van der Waals surface area contributed by atoms with Gasteiger partial charge in [0, 0.05) is 5.92 Å². The van der Waals surface area contributed by atoms with Crippen molar-refractivity contribution in [1.29, 1.82) is 0 Å². The van der Waals surface area contributed by atoms with Gasteiger partial charge in [-0.3, -0.25) is 10.2 Å². The third-order valence-corrected chi connectivity index (χ3v) is 3.49. The van der Waals surface area contributed by atoms with Gasteiger partial charge in [0.15, 0.2) is 0 Å². The molecule has 0 unspecified atom stereocenters. The number of nitrogens with two attached hydrogens (primary N) is 2. The van der Waals surface area contributed by atoms with Crippen LogP contribution >= 0.6 is 0 Å². The second kappa shape index (κ2) is 5.30. The minimum atomic E-state index is -0.340. The summed E-state index contributed by atoms with van der Waals surface area (Å²) in [6.45, 7) is 1.76. The second-order valence-electron chi connectivity index (χ2n) is 4.74. The Hall–Kier alpha value is -1.69. The summed E-state index contributed by atoms with van der Waals surface area (Å²) in [5.74, 6) is 5.39. The summed E-state index contributed by atoms with van der Waals surface area (Å²) in [7, 11) is 0. The van der Waals surface area contributed by atoms with Crippen molar-refractivity contribution in [3.05, 3.63) is 17.0 Å². The molecular formula is C12H19N5O. The molecule has 0 aromatic carbocycles. The van der Waals surface area contributed by atoms with Crippen LogP contribution in [0.4, 0.5) is 5.95 Å². The Kier molecular flexibility index (Phi) is 3.76. The van der Waals surface area contributed by atoms with Crippen molar-refractivity contribution < 1.29 is 4.79 Å². The van der Waals surface area contributed by atoms with Gasteiger partial charge < -0.3 is 5.73 Å². The van der Waals surface area contributed by atoms with E-state index in [1.807, 2.05) is 0 Å². The molecule has 1 amide bonds. The van der Waals surface area contributed by atoms with E-state index in [1.165, 1.54) is 6.42 Å². The SMILES string of the molecule is Cc1nc(N)nc(C2CCCCC2)c1C(=O)NN. The van der Waals surface area contributed by atoms with E-state index in [0.29, 0.717) is 11.3 Å². The average molecular weight is 249 g/mol. The molecule has 1 saturated carbocycles. The fraction of sp³-hybridized carbons (Fsp3) is 0.583. The molecule has 1 aromatic rings. The number of hydrogen-bond donors (Lipinski definition) is 3. The zero-order chi connectivity index (χ0) is 13.1. The maximum absolute atomic E-state index is 11.9. The molecule has 5 N–H and O–H groups in total. The van der Waals surface area contributed by atoms with E-state index < -0.39 is 0 Å². The van der Waals surface area contributed by atoms with Crippen LogP contribution in [0.5, 0.6) is 0 Å². The molecule has 1 aliphatic carbocycles. The molecule has 6 nitrogen and oxygen atoms in total. The first-order valence-corrected chi connectivity index (χ1v) is 6.28. The van der Waals surface area contributed by atoms with Crippen molar-refractivity contribution in [3.63, 3.8) is 0 Å². The summed E-state index contributed by atoms with van der Waals surface area (Å²) in [5, 5.41) is 0. The Balaban J connectivity index is 2.45. The third kappa shape index (κ3) is 2.43. The zero-order valence-electron chi connectivity index (χ0n) is 10.6. The van der Waals surface area contributed by atoms with Gasteiger partial charge in [-0.25, -0.2) is 15.8 Å². The monoisotopic (exact) mass is 249 g/mol. The Morgan fingerprint density at radius 2 is 1.94 bits per heavy atom. The molecule has 1 aliphatic rings. The van der Waals surface area contributed by atoms with Crippen molar-refractivity contribution in [2.75, 3.05) is 5.73 Å². The number of hydrogen-bond acceptors (Lipinski definition) is 5. The van der Waals surface area contributed by atoms with Crippen LogP contribution in [0.3, 0.4) is 0 Å². The summed E-state index contributed by atoms with van der Waals surface area (Å²) in [5.41, 5.74) is 9.68. The number of amides is 1. The van der Waals surface area contributed by atoms with E-state index in [0.717, 1.165) is 31.4 Å². The number of nitrogens with one attached hydrogen (secondary N) is 1. The van der Waals surface area contributed by atoms with Crippen LogP contribution in [-0.2, 0) is 0 Å². The minimum absolute atomic E-state index is 0.224. The first-order chi connectivity index (χ1) is 8.63. The number of nitrogen functional groups attached to an aromatic ring is 2. The fourth-order valence-electron chi connectivity index (χ4n) is 2.64. The largest absolute Gasteiger partial charge is 0.368 e. The molecule has 0 bridgehead atoms. The third-order valence-electron chi connectivity index (χ3n) is 3.49. The Morgan fingerprint density at radius 1 is 1.28 bits per heavy atom. The highest BCUT2D eigenvalue weighted by atomic mass is 16.2. The van der Waals surface area contributed by atoms with Gasteiger partial charge in [-0.1, -0.05) is 19.3 Å². The zero-order valence-corrected chi connectivity index (χ0v) is 10.6. The number of carbonyl (C=O) groups excluding carboxylic acids is 1. The molecule has 0 radical (unpaired) electrons. The number of rotatable bonds is 2. The van der Waals surface area contributed by atoms with Crippen LogP contribution in [-0.4, -0.2) is 15.9 Å². The molecule has 1 aromatic heterocycles. The summed E-state index contributed by atoms with van der Waals surface area (Å²) < 4.78 is 0. The van der Waals surface area contributed by atoms with E-state index in [1.54, 1.807) is 6.92 Å². The number of anilines is 1. The molecule has 18 heavy (non-hydrogen) atoms. The quantitative estimate of drug-likeness (QED) is 0.412. The van der Waals surface area contributed by atoms with E-state index in [2.05, 4.69) is 15.4 Å². The van der Waals surface area contributed by atoms with E-state index in [9.17, 15) is 4.79 Å². The van der Waals surface area contributed by atoms with Crippen molar-refractivity contribution in [3.8, 4) is 0 Å². The van der Waals surface area contributed by atoms with E-state index in [4.69, 9.17) is 11.6 Å². The van der Waals surface area contributed by atoms with Gasteiger partial charge in [0.1, 0.15) is 0 Å². The van der Waals surface area contributed by atoms with Crippen LogP contribution in [0.15, 0.2) is 0 Å². The highest BCUT2D eigenvalue weighted by Crippen LogP contribution is 2.34. The van der Waals surface area contributed by atoms with Crippen LogP contribution in [0.2, 0.25) is 0 Å². The predicted molar refractivity (Wildman–Crippen MR) is 68.7 cm³/mol. The van der Waals surface area contributed by atoms with Crippen LogP contribution < -0.4 is 17.0 Å². The Labute approximate surface area is 106 Å². The van der Waals surface area contributed by atoms with Gasteiger partial charge in [-0.2, -0.15) is 0 Å². The van der Waals surface area contributed by atoms with Gasteiger partial charge in [0.05, 0.1) is 17.0 Å². The lowest BCUT2D eigenvalue weighted by Gasteiger charge is -2.23. The standard InChI is InChI=1S/C12H19N5O/c1-7-9(11(18)17-14)10(16-12(13)15-7)8-5-3-2-4-6-8/h8H,2-6,14H2,1H3,(H,17,18)(H2,13,15,16). The molecule has 1 heterocycles. The van der Waals surface area contributed by atoms with Crippen molar-refractivity contribution in [1.82, 2.24) is 15.4 Å². The van der Waals surface area contributed by atoms with Crippen LogP contribution in [0.25, 0.3) is 0 Å². The molecule has 0 spiro atoms. The lowest BCUT2D eigenvalue weighted by molar-refractivity contribution is 0.0950. The van der Waals surface area contributed by atoms with Gasteiger partial charge >= 0.3 is 0 Å². The molecule has 6 heteroatoms. The summed E-state index contributed by atoms with van der Waals surface area (Å²) in [6, 6.07) is 0. The van der Waals surface area contributed by atoms with Gasteiger partial charge in [0.25, 0.3) is 5.91 Å². The lowest BCUT2D eigenvalue weighted by Crippen LogP contribution is -2.33.